The van der Waals surface area contributed by atoms with Gasteiger partial charge in [-0.25, -0.2) is 4.39 Å². The van der Waals surface area contributed by atoms with E-state index in [-0.39, 0.29) is 17.0 Å². The van der Waals surface area contributed by atoms with Gasteiger partial charge in [0.1, 0.15) is 17.2 Å². The van der Waals surface area contributed by atoms with Crippen molar-refractivity contribution in [3.63, 3.8) is 0 Å². The van der Waals surface area contributed by atoms with Gasteiger partial charge in [0, 0.05) is 45.2 Å². The Kier molecular flexibility index (Phi) is 5.70. The number of hydrogen-bond donors (Lipinski definition) is 1. The maximum Gasteiger partial charge on any atom is 0.196 e. The fourth-order valence-corrected chi connectivity index (χ4v) is 3.70. The third kappa shape index (κ3) is 4.42. The number of piperazine rings is 1. The lowest BCUT2D eigenvalue weighted by atomic mass is 10.2. The van der Waals surface area contributed by atoms with Crippen molar-refractivity contribution in [3.05, 3.63) is 70.3 Å². The molecule has 0 unspecified atom stereocenters. The summed E-state index contributed by atoms with van der Waals surface area (Å²) >= 11 is 0. The summed E-state index contributed by atoms with van der Waals surface area (Å²) in [5, 5.41) is 4.80. The van der Waals surface area contributed by atoms with Crippen molar-refractivity contribution in [1.29, 1.82) is 0 Å². The van der Waals surface area contributed by atoms with E-state index in [1.54, 1.807) is 37.3 Å². The van der Waals surface area contributed by atoms with Crippen molar-refractivity contribution in [3.8, 4) is 0 Å². The van der Waals surface area contributed by atoms with Crippen LogP contribution in [0.5, 0.6) is 0 Å². The largest absolute Gasteiger partial charge is 0.461 e. The van der Waals surface area contributed by atoms with E-state index in [4.69, 9.17) is 4.42 Å². The number of amidine groups is 1. The number of nitrogens with zero attached hydrogens (tertiary/aromatic N) is 3. The molecular weight excluding hydrogens is 399 g/mol. The zero-order valence-corrected chi connectivity index (χ0v) is 17.4. The van der Waals surface area contributed by atoms with Crippen LogP contribution in [0, 0.1) is 12.7 Å². The van der Waals surface area contributed by atoms with Crippen molar-refractivity contribution < 1.29 is 13.6 Å². The monoisotopic (exact) mass is 422 g/mol. The number of hydrogen-bond acceptors (Lipinski definition) is 6. The van der Waals surface area contributed by atoms with Crippen LogP contribution in [0.15, 0.2) is 62.8 Å². The molecule has 1 N–H and O–H groups in total. The third-order valence-corrected chi connectivity index (χ3v) is 5.23. The zero-order valence-electron chi connectivity index (χ0n) is 17.4. The molecule has 0 aliphatic carbocycles. The summed E-state index contributed by atoms with van der Waals surface area (Å²) < 4.78 is 19.7. The van der Waals surface area contributed by atoms with Crippen LogP contribution >= 0.6 is 0 Å². The Labute approximate surface area is 178 Å². The highest BCUT2D eigenvalue weighted by Crippen LogP contribution is 2.21. The van der Waals surface area contributed by atoms with Gasteiger partial charge in [-0.05, 0) is 31.2 Å². The molecular formula is C23H23FN4O3. The molecule has 8 heteroatoms. The number of carbonyl (C=O) groups excluding carboxylic acids is 1. The van der Waals surface area contributed by atoms with Crippen LogP contribution in [0.1, 0.15) is 12.7 Å². The molecule has 1 aliphatic heterocycles. The minimum atomic E-state index is -0.253. The second-order valence-electron chi connectivity index (χ2n) is 7.46. The first-order valence-electron chi connectivity index (χ1n) is 10.1. The molecule has 2 aromatic carbocycles. The van der Waals surface area contributed by atoms with Crippen molar-refractivity contribution >= 4 is 34.0 Å². The molecule has 4 rings (SSSR count). The number of Topliss-reactive ketones (excluding diaryl/α,β-unsaturated/α-hetero) is 1. The van der Waals surface area contributed by atoms with Crippen LogP contribution in [-0.2, 0) is 4.79 Å². The molecule has 160 valence electrons. The van der Waals surface area contributed by atoms with E-state index < -0.39 is 0 Å². The molecule has 1 fully saturated rings. The van der Waals surface area contributed by atoms with Gasteiger partial charge in [0.15, 0.2) is 17.0 Å². The van der Waals surface area contributed by atoms with Gasteiger partial charge >= 0.3 is 0 Å². The fraction of sp³-hybridized carbons (Fsp3) is 0.261. The van der Waals surface area contributed by atoms with Crippen molar-refractivity contribution in [2.24, 2.45) is 5.10 Å². The van der Waals surface area contributed by atoms with Crippen LogP contribution in [0.4, 0.5) is 15.8 Å². The molecule has 0 radical (unpaired) electrons. The number of fused-ring (bicyclic) bond motifs is 1. The van der Waals surface area contributed by atoms with Crippen molar-refractivity contribution in [1.82, 2.24) is 4.90 Å². The fourth-order valence-electron chi connectivity index (χ4n) is 3.70. The Morgan fingerprint density at radius 1 is 1.10 bits per heavy atom. The first kappa shape index (κ1) is 20.6. The first-order valence-corrected chi connectivity index (χ1v) is 10.1. The Bertz CT molecular complexity index is 1210. The number of ketones is 1. The van der Waals surface area contributed by atoms with E-state index in [9.17, 15) is 14.0 Å². The van der Waals surface area contributed by atoms with Gasteiger partial charge in [0.2, 0.25) is 0 Å². The molecule has 0 atom stereocenters. The third-order valence-electron chi connectivity index (χ3n) is 5.23. The number of halogens is 1. The van der Waals surface area contributed by atoms with Gasteiger partial charge in [-0.2, -0.15) is 5.10 Å². The van der Waals surface area contributed by atoms with E-state index in [0.29, 0.717) is 60.1 Å². The van der Waals surface area contributed by atoms with Gasteiger partial charge in [0.25, 0.3) is 0 Å². The Balaban J connectivity index is 1.49. The number of aryl methyl sites for hydroxylation is 1. The summed E-state index contributed by atoms with van der Waals surface area (Å²) in [5.41, 5.74) is 4.41. The van der Waals surface area contributed by atoms with E-state index in [2.05, 4.69) is 10.5 Å². The summed E-state index contributed by atoms with van der Waals surface area (Å²) in [4.78, 5) is 28.1. The average Bonchev–Trinajstić information content (AvgIpc) is 2.74. The normalized spacial score (nSPS) is 14.7. The van der Waals surface area contributed by atoms with Crippen LogP contribution in [0.2, 0.25) is 0 Å². The van der Waals surface area contributed by atoms with Gasteiger partial charge in [-0.1, -0.05) is 12.1 Å². The van der Waals surface area contributed by atoms with Crippen LogP contribution in [-0.4, -0.2) is 42.7 Å². The second-order valence-corrected chi connectivity index (χ2v) is 7.46. The summed E-state index contributed by atoms with van der Waals surface area (Å²) in [6.45, 7) is 5.42. The standard InChI is InChI=1S/C23H23FN4O3/c1-15-13-21(30)18-8-7-17(14-22(18)31-15)25-26-23(16(2)29)28-11-9-27(10-12-28)20-6-4-3-5-19(20)24/h3-8,13-14,25H,9-12H2,1-2H3/b26-23-. The second kappa shape index (κ2) is 8.59. The van der Waals surface area contributed by atoms with E-state index >= 15 is 0 Å². The highest BCUT2D eigenvalue weighted by molar-refractivity contribution is 6.38. The SMILES string of the molecule is CC(=O)/C(=N/Nc1ccc2c(=O)cc(C)oc2c1)N1CCN(c2ccccc2F)CC1. The number of anilines is 2. The molecule has 3 aromatic rings. The minimum Gasteiger partial charge on any atom is -0.461 e. The maximum absolute atomic E-state index is 14.1. The quantitative estimate of drug-likeness (QED) is 0.395. The predicted octanol–water partition coefficient (Wildman–Crippen LogP) is 3.38. The highest BCUT2D eigenvalue weighted by atomic mass is 19.1. The molecule has 1 aromatic heterocycles. The number of rotatable bonds is 4. The average molecular weight is 422 g/mol. The minimum absolute atomic E-state index is 0.106. The molecule has 31 heavy (non-hydrogen) atoms. The summed E-state index contributed by atoms with van der Waals surface area (Å²) in [7, 11) is 0. The van der Waals surface area contributed by atoms with Gasteiger partial charge in [-0.3, -0.25) is 15.0 Å². The molecule has 0 bridgehead atoms. The Morgan fingerprint density at radius 2 is 1.84 bits per heavy atom. The van der Waals surface area contributed by atoms with Crippen LogP contribution in [0.3, 0.4) is 0 Å². The number of nitrogens with one attached hydrogen (secondary N) is 1. The van der Waals surface area contributed by atoms with Gasteiger partial charge < -0.3 is 14.2 Å². The summed E-state index contributed by atoms with van der Waals surface area (Å²) in [6, 6.07) is 13.2. The molecule has 7 nitrogen and oxygen atoms in total. The summed E-state index contributed by atoms with van der Waals surface area (Å²) in [6.07, 6.45) is 0. The first-order chi connectivity index (χ1) is 14.9. The smallest absolute Gasteiger partial charge is 0.196 e. The predicted molar refractivity (Wildman–Crippen MR) is 119 cm³/mol. The number of hydrazone groups is 1. The molecule has 0 spiro atoms. The maximum atomic E-state index is 14.1. The number of para-hydroxylation sites is 1. The highest BCUT2D eigenvalue weighted by Gasteiger charge is 2.24. The Morgan fingerprint density at radius 3 is 2.55 bits per heavy atom. The molecule has 2 heterocycles. The summed E-state index contributed by atoms with van der Waals surface area (Å²) in [5.74, 6) is 0.403. The number of carbonyl (C=O) groups is 1. The van der Waals surface area contributed by atoms with E-state index in [1.807, 2.05) is 15.9 Å². The van der Waals surface area contributed by atoms with Crippen molar-refractivity contribution in [2.45, 2.75) is 13.8 Å². The van der Waals surface area contributed by atoms with E-state index in [0.717, 1.165) is 0 Å². The molecule has 1 saturated heterocycles. The topological polar surface area (TPSA) is 78.1 Å². The zero-order chi connectivity index (χ0) is 22.0. The van der Waals surface area contributed by atoms with Crippen LogP contribution in [0.25, 0.3) is 11.0 Å². The van der Waals surface area contributed by atoms with Gasteiger partial charge in [-0.15, -0.1) is 0 Å². The lowest BCUT2D eigenvalue weighted by molar-refractivity contribution is -0.111. The lowest BCUT2D eigenvalue weighted by Gasteiger charge is -2.37. The number of benzene rings is 2. The molecule has 0 saturated carbocycles. The van der Waals surface area contributed by atoms with Crippen LogP contribution < -0.4 is 15.8 Å². The van der Waals surface area contributed by atoms with Gasteiger partial charge in [0.05, 0.1) is 16.8 Å². The lowest BCUT2D eigenvalue weighted by Crippen LogP contribution is -2.50. The molecule has 1 aliphatic rings. The Hall–Kier alpha value is -3.68. The van der Waals surface area contributed by atoms with E-state index in [1.165, 1.54) is 19.1 Å². The van der Waals surface area contributed by atoms with Crippen molar-refractivity contribution in [2.75, 3.05) is 36.5 Å². The molecule has 0 amide bonds.